The number of nitrogens with zero attached hydrogens (tertiary/aromatic N) is 3. The number of likely N-dealkylation sites (tertiary alicyclic amines) is 1. The van der Waals surface area contributed by atoms with Crippen molar-refractivity contribution >= 4 is 22.6 Å². The molecule has 7 heteroatoms. The number of carbonyl (C=O) groups is 2. The van der Waals surface area contributed by atoms with Gasteiger partial charge in [-0.25, -0.2) is 0 Å². The van der Waals surface area contributed by atoms with Crippen LogP contribution in [0.5, 0.6) is 0 Å². The molecule has 8 rings (SSSR count). The van der Waals surface area contributed by atoms with Gasteiger partial charge in [0.15, 0.2) is 0 Å². The highest BCUT2D eigenvalue weighted by molar-refractivity contribution is 6.08. The molecule has 6 aliphatic rings. The van der Waals surface area contributed by atoms with E-state index in [0.29, 0.717) is 61.7 Å². The predicted octanol–water partition coefficient (Wildman–Crippen LogP) is 5.34. The number of hydrogen-bond acceptors (Lipinski definition) is 5. The predicted molar refractivity (Wildman–Crippen MR) is 187 cm³/mol. The summed E-state index contributed by atoms with van der Waals surface area (Å²) < 4.78 is 0. The average molecular weight is 652 g/mol. The molecule has 256 valence electrons. The smallest absolute Gasteiger partial charge is 0.255 e. The Morgan fingerprint density at radius 1 is 0.896 bits per heavy atom. The average Bonchev–Trinajstić information content (AvgIpc) is 3.70. The fourth-order valence-corrected chi connectivity index (χ4v) is 12.2. The number of aliphatic hydroxyl groups excluding tert-OH is 1. The molecular formula is C41H53N3O4. The van der Waals surface area contributed by atoms with E-state index in [1.165, 1.54) is 6.42 Å². The summed E-state index contributed by atoms with van der Waals surface area (Å²) in [7, 11) is 0. The van der Waals surface area contributed by atoms with E-state index in [1.54, 1.807) is 0 Å². The summed E-state index contributed by atoms with van der Waals surface area (Å²) in [6.45, 7) is 8.15. The highest BCUT2D eigenvalue weighted by atomic mass is 16.3. The van der Waals surface area contributed by atoms with Gasteiger partial charge in [-0.1, -0.05) is 56.2 Å². The van der Waals surface area contributed by atoms with Crippen molar-refractivity contribution in [2.24, 2.45) is 34.5 Å². The summed E-state index contributed by atoms with van der Waals surface area (Å²) in [5.74, 6) is 5.02. The van der Waals surface area contributed by atoms with Crippen LogP contribution in [0.15, 0.2) is 42.5 Å². The van der Waals surface area contributed by atoms with Gasteiger partial charge in [-0.2, -0.15) is 0 Å². The van der Waals surface area contributed by atoms with Crippen LogP contribution in [-0.2, 0) is 4.79 Å². The molecular weight excluding hydrogens is 598 g/mol. The van der Waals surface area contributed by atoms with E-state index in [-0.39, 0.29) is 34.8 Å². The minimum Gasteiger partial charge on any atom is -0.391 e. The second kappa shape index (κ2) is 11.9. The molecule has 0 radical (unpaired) electrons. The lowest BCUT2D eigenvalue weighted by atomic mass is 9.44. The van der Waals surface area contributed by atoms with Crippen LogP contribution in [0.1, 0.15) is 88.4 Å². The van der Waals surface area contributed by atoms with E-state index in [4.69, 9.17) is 6.42 Å². The van der Waals surface area contributed by atoms with Gasteiger partial charge >= 0.3 is 0 Å². The summed E-state index contributed by atoms with van der Waals surface area (Å²) in [6, 6.07) is 13.5. The molecule has 2 aromatic rings. The van der Waals surface area contributed by atoms with Crippen molar-refractivity contribution in [1.82, 2.24) is 14.7 Å². The molecule has 6 fully saturated rings. The largest absolute Gasteiger partial charge is 0.391 e. The Hall–Kier alpha value is -2.92. The third-order valence-corrected chi connectivity index (χ3v) is 15.0. The number of piperazine rings is 1. The monoisotopic (exact) mass is 651 g/mol. The number of hydrogen-bond donors (Lipinski definition) is 2. The van der Waals surface area contributed by atoms with Gasteiger partial charge in [-0.05, 0) is 110 Å². The van der Waals surface area contributed by atoms with E-state index in [9.17, 15) is 19.8 Å². The second-order valence-corrected chi connectivity index (χ2v) is 16.8. The molecule has 0 spiro atoms. The van der Waals surface area contributed by atoms with Crippen molar-refractivity contribution in [2.45, 2.75) is 102 Å². The molecule has 2 saturated heterocycles. The quantitative estimate of drug-likeness (QED) is 0.439. The molecule has 2 aromatic carbocycles. The third-order valence-electron chi connectivity index (χ3n) is 15.0. The van der Waals surface area contributed by atoms with Gasteiger partial charge < -0.3 is 20.0 Å². The summed E-state index contributed by atoms with van der Waals surface area (Å²) in [5, 5.41) is 25.0. The lowest BCUT2D eigenvalue weighted by Crippen LogP contribution is -2.63. The van der Waals surface area contributed by atoms with E-state index in [2.05, 4.69) is 24.7 Å². The van der Waals surface area contributed by atoms with E-state index in [0.717, 1.165) is 68.8 Å². The zero-order valence-corrected chi connectivity index (χ0v) is 28.8. The van der Waals surface area contributed by atoms with Crippen LogP contribution in [0.3, 0.4) is 0 Å². The van der Waals surface area contributed by atoms with Crippen molar-refractivity contribution in [3.8, 4) is 12.3 Å². The van der Waals surface area contributed by atoms with Crippen LogP contribution >= 0.6 is 0 Å². The van der Waals surface area contributed by atoms with Crippen molar-refractivity contribution in [2.75, 3.05) is 32.7 Å². The van der Waals surface area contributed by atoms with Gasteiger partial charge in [0.2, 0.25) is 5.91 Å². The molecule has 48 heavy (non-hydrogen) atoms. The van der Waals surface area contributed by atoms with Crippen LogP contribution in [0, 0.1) is 46.8 Å². The Balaban J connectivity index is 0.935. The summed E-state index contributed by atoms with van der Waals surface area (Å²) >= 11 is 0. The number of amides is 2. The van der Waals surface area contributed by atoms with E-state index < -0.39 is 11.6 Å². The lowest BCUT2D eigenvalue weighted by Gasteiger charge is -2.63. The molecule has 10 atom stereocenters. The molecule has 0 aromatic heterocycles. The van der Waals surface area contributed by atoms with Crippen molar-refractivity contribution in [3.05, 3.63) is 48.0 Å². The van der Waals surface area contributed by atoms with Crippen LogP contribution < -0.4 is 0 Å². The van der Waals surface area contributed by atoms with Crippen LogP contribution in [0.2, 0.25) is 0 Å². The Labute approximate surface area is 286 Å². The summed E-state index contributed by atoms with van der Waals surface area (Å²) in [4.78, 5) is 34.0. The standard InChI is InChI=1S/C41H53N3O4/c1-4-41(48)19-17-33-31-15-14-28-25-36(45)35(26-39(28,2)32(31)16-18-40(33,41)3)42-21-23-43(24-22-42)38(47)34-13-8-20-44(34)37(46)30-12-7-10-27-9-5-6-11-29(27)30/h1,5-7,9-12,28,31-36,45,48H,8,13-26H2,2-3H3/t28?,31?,32?,33?,34-,35-,36-,39-,40-,41-/m0/s1. The molecule has 4 saturated carbocycles. The first kappa shape index (κ1) is 32.3. The van der Waals surface area contributed by atoms with E-state index in [1.807, 2.05) is 52.3 Å². The first-order chi connectivity index (χ1) is 23.1. The molecule has 7 nitrogen and oxygen atoms in total. The maximum Gasteiger partial charge on any atom is 0.255 e. The number of rotatable bonds is 3. The third kappa shape index (κ3) is 4.80. The fourth-order valence-electron chi connectivity index (χ4n) is 12.2. The summed E-state index contributed by atoms with van der Waals surface area (Å²) in [5.41, 5.74) is -0.356. The molecule has 0 bridgehead atoms. The van der Waals surface area contributed by atoms with Gasteiger partial charge in [0.05, 0.1) is 6.10 Å². The Morgan fingerprint density at radius 2 is 1.65 bits per heavy atom. The Bertz CT molecular complexity index is 1620. The number of aliphatic hydroxyl groups is 2. The SMILES string of the molecule is C#C[C@]1(O)CCC2C3CCC4C[C@H](O)[C@@H](N5CCN(C(=O)[C@@H]6CCCN6C(=O)c6cccc7ccccc67)CC5)C[C@]4(C)C3CC[C@@]21C. The molecule has 2 heterocycles. The number of carbonyl (C=O) groups excluding carboxylic acids is 2. The van der Waals surface area contributed by atoms with Gasteiger partial charge in [0.1, 0.15) is 11.6 Å². The van der Waals surface area contributed by atoms with E-state index >= 15 is 0 Å². The van der Waals surface area contributed by atoms with Crippen molar-refractivity contribution < 1.29 is 19.8 Å². The molecule has 2 N–H and O–H groups in total. The number of fused-ring (bicyclic) bond motifs is 6. The fraction of sp³-hybridized carbons (Fsp3) is 0.659. The highest BCUT2D eigenvalue weighted by Crippen LogP contribution is 2.68. The van der Waals surface area contributed by atoms with Crippen molar-refractivity contribution in [3.63, 3.8) is 0 Å². The molecule has 2 amide bonds. The maximum absolute atomic E-state index is 14.0. The highest BCUT2D eigenvalue weighted by Gasteiger charge is 2.65. The first-order valence-electron chi connectivity index (χ1n) is 18.8. The molecule has 2 aliphatic heterocycles. The molecule has 4 unspecified atom stereocenters. The minimum absolute atomic E-state index is 0.0511. The topological polar surface area (TPSA) is 84.3 Å². The number of benzene rings is 2. The zero-order chi connectivity index (χ0) is 33.4. The number of terminal acetylenes is 1. The zero-order valence-electron chi connectivity index (χ0n) is 28.8. The van der Waals surface area contributed by atoms with Crippen LogP contribution in [-0.4, -0.2) is 93.2 Å². The van der Waals surface area contributed by atoms with Gasteiger partial charge in [0, 0.05) is 49.7 Å². The molecule has 4 aliphatic carbocycles. The van der Waals surface area contributed by atoms with Gasteiger partial charge in [-0.3, -0.25) is 14.5 Å². The Morgan fingerprint density at radius 3 is 2.44 bits per heavy atom. The van der Waals surface area contributed by atoms with Crippen molar-refractivity contribution in [1.29, 1.82) is 0 Å². The Kier molecular flexibility index (Phi) is 7.97. The van der Waals surface area contributed by atoms with Crippen LogP contribution in [0.25, 0.3) is 10.8 Å². The van der Waals surface area contributed by atoms with Gasteiger partial charge in [-0.15, -0.1) is 6.42 Å². The lowest BCUT2D eigenvalue weighted by molar-refractivity contribution is -0.163. The normalized spacial score (nSPS) is 41.4. The minimum atomic E-state index is -0.985. The second-order valence-electron chi connectivity index (χ2n) is 16.8. The summed E-state index contributed by atoms with van der Waals surface area (Å²) in [6.07, 6.45) is 15.1. The first-order valence-corrected chi connectivity index (χ1v) is 18.8. The van der Waals surface area contributed by atoms with Crippen LogP contribution in [0.4, 0.5) is 0 Å². The maximum atomic E-state index is 14.0. The van der Waals surface area contributed by atoms with Gasteiger partial charge in [0.25, 0.3) is 5.91 Å².